The first-order valence-corrected chi connectivity index (χ1v) is 8.04. The molecule has 0 saturated heterocycles. The quantitative estimate of drug-likeness (QED) is 0.735. The Hall–Kier alpha value is -0.830. The van der Waals surface area contributed by atoms with Gasteiger partial charge in [-0.15, -0.1) is 0 Å². The summed E-state index contributed by atoms with van der Waals surface area (Å²) in [6.45, 7) is 0. The van der Waals surface area contributed by atoms with Gasteiger partial charge in [0, 0.05) is 15.5 Å². The van der Waals surface area contributed by atoms with Gasteiger partial charge in [-0.3, -0.25) is 0 Å². The molecule has 0 fully saturated rings. The molecule has 1 unspecified atom stereocenters. The summed E-state index contributed by atoms with van der Waals surface area (Å²) >= 11 is 9.77. The van der Waals surface area contributed by atoms with E-state index in [1.54, 1.807) is 0 Å². The molecule has 1 atom stereocenters. The van der Waals surface area contributed by atoms with E-state index in [-0.39, 0.29) is 0 Å². The molecule has 0 aliphatic heterocycles. The number of hydrogen-bond donors (Lipinski definition) is 1. The van der Waals surface area contributed by atoms with Crippen LogP contribution in [0, 0.1) is 0 Å². The molecule has 0 bridgehead atoms. The number of hydrogen-bond acceptors (Lipinski definition) is 1. The highest BCUT2D eigenvalue weighted by molar-refractivity contribution is 9.10. The zero-order chi connectivity index (χ0) is 14.4. The van der Waals surface area contributed by atoms with Gasteiger partial charge in [0.05, 0.1) is 0 Å². The lowest BCUT2D eigenvalue weighted by Crippen LogP contribution is -2.17. The van der Waals surface area contributed by atoms with Gasteiger partial charge in [0.1, 0.15) is 0 Å². The molecule has 1 N–H and O–H groups in total. The minimum atomic E-state index is 0.305. The summed E-state index contributed by atoms with van der Waals surface area (Å²) in [5, 5.41) is 4.18. The molecule has 0 aromatic heterocycles. The third kappa shape index (κ3) is 4.34. The Morgan fingerprint density at radius 3 is 2.55 bits per heavy atom. The molecule has 0 aliphatic rings. The highest BCUT2D eigenvalue weighted by atomic mass is 79.9. The first-order valence-electron chi connectivity index (χ1n) is 6.87. The van der Waals surface area contributed by atoms with Crippen LogP contribution in [0.25, 0.3) is 0 Å². The first kappa shape index (κ1) is 15.6. The Bertz CT molecular complexity index is 542. The maximum absolute atomic E-state index is 6.33. The third-order valence-corrected chi connectivity index (χ3v) is 4.31. The van der Waals surface area contributed by atoms with E-state index in [1.165, 1.54) is 11.1 Å². The van der Waals surface area contributed by atoms with Crippen molar-refractivity contribution < 1.29 is 0 Å². The molecular weight excluding hydrogens is 334 g/mol. The third-order valence-electron chi connectivity index (χ3n) is 3.49. The summed E-state index contributed by atoms with van der Waals surface area (Å²) < 4.78 is 1.02. The van der Waals surface area contributed by atoms with Crippen LogP contribution in [-0.4, -0.2) is 7.05 Å². The van der Waals surface area contributed by atoms with Gasteiger partial charge < -0.3 is 5.32 Å². The standard InChI is InChI=1S/C17H19BrClN/c1-20-17(15-11-10-14(18)12-16(15)19)9-5-8-13-6-3-2-4-7-13/h2-4,6-7,10-12,17,20H,5,8-9H2,1H3. The van der Waals surface area contributed by atoms with E-state index in [4.69, 9.17) is 11.6 Å². The SMILES string of the molecule is CNC(CCCc1ccccc1)c1ccc(Br)cc1Cl. The second-order valence-corrected chi connectivity index (χ2v) is 6.21. The lowest BCUT2D eigenvalue weighted by atomic mass is 9.99. The van der Waals surface area contributed by atoms with E-state index in [2.05, 4.69) is 57.6 Å². The Kier molecular flexibility index (Phi) is 6.08. The Labute approximate surface area is 134 Å². The predicted molar refractivity (Wildman–Crippen MR) is 90.3 cm³/mol. The summed E-state index contributed by atoms with van der Waals surface area (Å²) in [4.78, 5) is 0. The van der Waals surface area contributed by atoms with E-state index in [0.29, 0.717) is 6.04 Å². The minimum absolute atomic E-state index is 0.305. The van der Waals surface area contributed by atoms with Gasteiger partial charge in [-0.2, -0.15) is 0 Å². The fourth-order valence-corrected chi connectivity index (χ4v) is 3.20. The molecule has 0 amide bonds. The van der Waals surface area contributed by atoms with Crippen LogP contribution >= 0.6 is 27.5 Å². The highest BCUT2D eigenvalue weighted by Gasteiger charge is 2.12. The maximum atomic E-state index is 6.33. The van der Waals surface area contributed by atoms with Crippen LogP contribution in [0.4, 0.5) is 0 Å². The number of nitrogens with one attached hydrogen (secondary N) is 1. The summed E-state index contributed by atoms with van der Waals surface area (Å²) in [7, 11) is 1.99. The van der Waals surface area contributed by atoms with Gasteiger partial charge in [0.2, 0.25) is 0 Å². The van der Waals surface area contributed by atoms with Crippen LogP contribution in [0.2, 0.25) is 5.02 Å². The largest absolute Gasteiger partial charge is 0.313 e. The average molecular weight is 353 g/mol. The van der Waals surface area contributed by atoms with Crippen molar-refractivity contribution in [1.82, 2.24) is 5.32 Å². The van der Waals surface area contributed by atoms with Gasteiger partial charge in [-0.25, -0.2) is 0 Å². The van der Waals surface area contributed by atoms with Gasteiger partial charge in [-0.05, 0) is 49.6 Å². The van der Waals surface area contributed by atoms with Crippen molar-refractivity contribution in [2.75, 3.05) is 7.05 Å². The van der Waals surface area contributed by atoms with E-state index in [0.717, 1.165) is 28.8 Å². The van der Waals surface area contributed by atoms with E-state index >= 15 is 0 Å². The molecule has 0 saturated carbocycles. The van der Waals surface area contributed by atoms with Crippen molar-refractivity contribution in [3.63, 3.8) is 0 Å². The molecule has 0 heterocycles. The summed E-state index contributed by atoms with van der Waals surface area (Å²) in [5.74, 6) is 0. The van der Waals surface area contributed by atoms with Crippen molar-refractivity contribution in [2.24, 2.45) is 0 Å². The number of halogens is 2. The molecule has 2 aromatic rings. The normalized spacial score (nSPS) is 12.3. The molecule has 3 heteroatoms. The highest BCUT2D eigenvalue weighted by Crippen LogP contribution is 2.29. The van der Waals surface area contributed by atoms with Crippen LogP contribution < -0.4 is 5.32 Å². The molecule has 1 nitrogen and oxygen atoms in total. The summed E-state index contributed by atoms with van der Waals surface area (Å²) in [5.41, 5.74) is 2.56. The Morgan fingerprint density at radius 2 is 1.90 bits per heavy atom. The molecule has 0 radical (unpaired) electrons. The van der Waals surface area contributed by atoms with Crippen molar-refractivity contribution in [3.05, 3.63) is 69.2 Å². The van der Waals surface area contributed by atoms with Crippen molar-refractivity contribution in [3.8, 4) is 0 Å². The summed E-state index contributed by atoms with van der Waals surface area (Å²) in [6.07, 6.45) is 3.32. The zero-order valence-corrected chi connectivity index (χ0v) is 13.9. The number of aryl methyl sites for hydroxylation is 1. The number of benzene rings is 2. The van der Waals surface area contributed by atoms with E-state index in [1.807, 2.05) is 19.2 Å². The minimum Gasteiger partial charge on any atom is -0.313 e. The smallest absolute Gasteiger partial charge is 0.0465 e. The van der Waals surface area contributed by atoms with Crippen molar-refractivity contribution in [1.29, 1.82) is 0 Å². The Morgan fingerprint density at radius 1 is 1.15 bits per heavy atom. The van der Waals surface area contributed by atoms with E-state index < -0.39 is 0 Å². The lowest BCUT2D eigenvalue weighted by molar-refractivity contribution is 0.527. The van der Waals surface area contributed by atoms with Crippen LogP contribution in [0.3, 0.4) is 0 Å². The van der Waals surface area contributed by atoms with Crippen molar-refractivity contribution >= 4 is 27.5 Å². The fraction of sp³-hybridized carbons (Fsp3) is 0.294. The van der Waals surface area contributed by atoms with Crippen LogP contribution in [-0.2, 0) is 6.42 Å². The zero-order valence-electron chi connectivity index (χ0n) is 11.6. The van der Waals surface area contributed by atoms with E-state index in [9.17, 15) is 0 Å². The van der Waals surface area contributed by atoms with Gasteiger partial charge in [0.15, 0.2) is 0 Å². The van der Waals surface area contributed by atoms with Crippen LogP contribution in [0.1, 0.15) is 30.0 Å². The topological polar surface area (TPSA) is 12.0 Å². The molecular formula is C17H19BrClN. The molecule has 2 aromatic carbocycles. The fourth-order valence-electron chi connectivity index (χ4n) is 2.39. The summed E-state index contributed by atoms with van der Waals surface area (Å²) in [6, 6.07) is 17.0. The Balaban J connectivity index is 1.95. The lowest BCUT2D eigenvalue weighted by Gasteiger charge is -2.18. The maximum Gasteiger partial charge on any atom is 0.0465 e. The van der Waals surface area contributed by atoms with Gasteiger partial charge >= 0.3 is 0 Å². The van der Waals surface area contributed by atoms with Crippen LogP contribution in [0.15, 0.2) is 53.0 Å². The van der Waals surface area contributed by atoms with Crippen LogP contribution in [0.5, 0.6) is 0 Å². The monoisotopic (exact) mass is 351 g/mol. The number of rotatable bonds is 6. The predicted octanol–water partition coefficient (Wildman–Crippen LogP) is 5.39. The van der Waals surface area contributed by atoms with Gasteiger partial charge in [-0.1, -0.05) is 63.9 Å². The molecule has 106 valence electrons. The second-order valence-electron chi connectivity index (χ2n) is 4.88. The first-order chi connectivity index (χ1) is 9.70. The molecule has 0 aliphatic carbocycles. The molecule has 0 spiro atoms. The second kappa shape index (κ2) is 7.82. The van der Waals surface area contributed by atoms with Gasteiger partial charge in [0.25, 0.3) is 0 Å². The average Bonchev–Trinajstić information content (AvgIpc) is 2.46. The molecule has 2 rings (SSSR count). The molecule has 20 heavy (non-hydrogen) atoms. The van der Waals surface area contributed by atoms with Crippen molar-refractivity contribution in [2.45, 2.75) is 25.3 Å².